The Morgan fingerprint density at radius 3 is 2.04 bits per heavy atom. The maximum absolute atomic E-state index is 13.0. The molecule has 0 aromatic heterocycles. The molecule has 3 rings (SSSR count). The van der Waals surface area contributed by atoms with Gasteiger partial charge in [0.25, 0.3) is 0 Å². The van der Waals surface area contributed by atoms with Gasteiger partial charge in [-0.05, 0) is 43.4 Å². The van der Waals surface area contributed by atoms with Crippen LogP contribution in [0.1, 0.15) is 37.3 Å². The van der Waals surface area contributed by atoms with E-state index < -0.39 is 5.54 Å². The summed E-state index contributed by atoms with van der Waals surface area (Å²) in [5.41, 5.74) is 7.51. The molecule has 1 aliphatic carbocycles. The van der Waals surface area contributed by atoms with E-state index in [1.165, 1.54) is 0 Å². The maximum atomic E-state index is 13.0. The lowest BCUT2D eigenvalue weighted by Gasteiger charge is -2.34. The van der Waals surface area contributed by atoms with Gasteiger partial charge in [0.2, 0.25) is 5.91 Å². The number of benzene rings is 2. The largest absolute Gasteiger partial charge is 0.342 e. The summed E-state index contributed by atoms with van der Waals surface area (Å²) < 4.78 is 0. The second kappa shape index (κ2) is 8.50. The predicted octanol–water partition coefficient (Wildman–Crippen LogP) is 3.86. The minimum Gasteiger partial charge on any atom is -0.342 e. The highest BCUT2D eigenvalue weighted by Crippen LogP contribution is 2.34. The lowest BCUT2D eigenvalue weighted by molar-refractivity contribution is -0.127. The van der Waals surface area contributed by atoms with Gasteiger partial charge in [-0.25, -0.2) is 0 Å². The number of rotatable bonds is 5. The van der Waals surface area contributed by atoms with Crippen LogP contribution in [0.5, 0.6) is 0 Å². The zero-order chi connectivity index (χ0) is 17.0. The van der Waals surface area contributed by atoms with E-state index >= 15 is 0 Å². The lowest BCUT2D eigenvalue weighted by atomic mass is 9.83. The van der Waals surface area contributed by atoms with Crippen molar-refractivity contribution in [2.24, 2.45) is 17.6 Å². The molecule has 0 radical (unpaired) electrons. The van der Waals surface area contributed by atoms with Crippen LogP contribution in [0.15, 0.2) is 60.7 Å². The van der Waals surface area contributed by atoms with Crippen molar-refractivity contribution in [3.05, 3.63) is 71.8 Å². The summed E-state index contributed by atoms with van der Waals surface area (Å²) >= 11 is 0. The molecule has 0 aliphatic heterocycles. The first-order chi connectivity index (χ1) is 11.6. The van der Waals surface area contributed by atoms with Gasteiger partial charge in [0.05, 0.1) is 5.54 Å². The van der Waals surface area contributed by atoms with E-state index in [4.69, 9.17) is 5.73 Å². The van der Waals surface area contributed by atoms with Crippen LogP contribution in [-0.2, 0) is 10.3 Å². The molecule has 25 heavy (non-hydrogen) atoms. The molecular weight excluding hydrogens is 332 g/mol. The maximum Gasteiger partial charge on any atom is 0.224 e. The molecule has 0 heterocycles. The van der Waals surface area contributed by atoms with Crippen LogP contribution in [0.25, 0.3) is 0 Å². The Labute approximate surface area is 156 Å². The van der Waals surface area contributed by atoms with Crippen LogP contribution in [0.4, 0.5) is 0 Å². The Bertz CT molecular complexity index is 635. The zero-order valence-corrected chi connectivity index (χ0v) is 15.5. The molecule has 134 valence electrons. The Morgan fingerprint density at radius 2 is 1.56 bits per heavy atom. The molecule has 0 unspecified atom stereocenters. The summed E-state index contributed by atoms with van der Waals surface area (Å²) in [5.74, 6) is 0.459. The number of hydrogen-bond donors (Lipinski definition) is 2. The van der Waals surface area contributed by atoms with E-state index in [2.05, 4.69) is 36.5 Å². The Balaban J connectivity index is 0.00000225. The molecular formula is C21H27ClN2O. The third kappa shape index (κ3) is 4.05. The predicted molar refractivity (Wildman–Crippen MR) is 105 cm³/mol. The number of carbonyl (C=O) groups is 1. The summed E-state index contributed by atoms with van der Waals surface area (Å²) in [7, 11) is 0. The first-order valence-electron chi connectivity index (χ1n) is 8.78. The van der Waals surface area contributed by atoms with Crippen molar-refractivity contribution in [1.82, 2.24) is 5.32 Å². The smallest absolute Gasteiger partial charge is 0.224 e. The van der Waals surface area contributed by atoms with Gasteiger partial charge in [0, 0.05) is 5.92 Å². The standard InChI is InChI=1S/C21H26N2O.ClH/c1-21(17-10-4-2-5-11-17,18-12-6-3-7-13-18)23-20(24)19-14-8-9-16(19)15-22;/h2-7,10-13,16,19H,8-9,14-15,22H2,1H3,(H,23,24);1H/t16-,19-;/m1./s1. The molecule has 0 saturated heterocycles. The number of nitrogens with two attached hydrogens (primary N) is 1. The van der Waals surface area contributed by atoms with Gasteiger partial charge < -0.3 is 11.1 Å². The molecule has 1 amide bonds. The highest BCUT2D eigenvalue weighted by atomic mass is 35.5. The molecule has 1 aliphatic rings. The molecule has 1 fully saturated rings. The molecule has 2 atom stereocenters. The van der Waals surface area contributed by atoms with Crippen LogP contribution in [0.2, 0.25) is 0 Å². The van der Waals surface area contributed by atoms with Crippen LogP contribution in [0.3, 0.4) is 0 Å². The fraction of sp³-hybridized carbons (Fsp3) is 0.381. The van der Waals surface area contributed by atoms with Gasteiger partial charge in [0.1, 0.15) is 0 Å². The van der Waals surface area contributed by atoms with Gasteiger partial charge in [0.15, 0.2) is 0 Å². The second-order valence-corrected chi connectivity index (χ2v) is 6.88. The van der Waals surface area contributed by atoms with E-state index in [9.17, 15) is 4.79 Å². The van der Waals surface area contributed by atoms with Gasteiger partial charge in [-0.3, -0.25) is 4.79 Å². The summed E-state index contributed by atoms with van der Waals surface area (Å²) in [4.78, 5) is 13.0. The van der Waals surface area contributed by atoms with Gasteiger partial charge in [-0.1, -0.05) is 67.1 Å². The normalized spacial score (nSPS) is 19.9. The van der Waals surface area contributed by atoms with Crippen LogP contribution >= 0.6 is 12.4 Å². The zero-order valence-electron chi connectivity index (χ0n) is 14.7. The number of halogens is 1. The minimum absolute atomic E-state index is 0. The third-order valence-corrected chi connectivity index (χ3v) is 5.37. The monoisotopic (exact) mass is 358 g/mol. The summed E-state index contributed by atoms with van der Waals surface area (Å²) in [6, 6.07) is 20.3. The van der Waals surface area contributed by atoms with Crippen molar-refractivity contribution in [2.75, 3.05) is 6.54 Å². The average molecular weight is 359 g/mol. The van der Waals surface area contributed by atoms with Crippen LogP contribution < -0.4 is 11.1 Å². The molecule has 2 aromatic carbocycles. The molecule has 3 nitrogen and oxygen atoms in total. The number of nitrogens with one attached hydrogen (secondary N) is 1. The van der Waals surface area contributed by atoms with E-state index in [0.29, 0.717) is 12.5 Å². The topological polar surface area (TPSA) is 55.1 Å². The summed E-state index contributed by atoms with van der Waals surface area (Å²) in [6.45, 7) is 2.67. The quantitative estimate of drug-likeness (QED) is 0.852. The molecule has 2 aromatic rings. The van der Waals surface area contributed by atoms with Crippen LogP contribution in [0, 0.1) is 11.8 Å². The van der Waals surface area contributed by atoms with Crippen molar-refractivity contribution in [2.45, 2.75) is 31.7 Å². The first kappa shape index (κ1) is 19.5. The van der Waals surface area contributed by atoms with Crippen molar-refractivity contribution in [3.63, 3.8) is 0 Å². The fourth-order valence-electron chi connectivity index (χ4n) is 3.86. The highest BCUT2D eigenvalue weighted by Gasteiger charge is 2.37. The highest BCUT2D eigenvalue weighted by molar-refractivity contribution is 5.85. The average Bonchev–Trinajstić information content (AvgIpc) is 3.12. The van der Waals surface area contributed by atoms with Crippen molar-refractivity contribution < 1.29 is 4.79 Å². The minimum atomic E-state index is -0.540. The summed E-state index contributed by atoms with van der Waals surface area (Å²) in [6.07, 6.45) is 3.09. The fourth-order valence-corrected chi connectivity index (χ4v) is 3.86. The summed E-state index contributed by atoms with van der Waals surface area (Å²) in [5, 5.41) is 3.34. The lowest BCUT2D eigenvalue weighted by Crippen LogP contribution is -2.48. The second-order valence-electron chi connectivity index (χ2n) is 6.88. The van der Waals surface area contributed by atoms with Crippen molar-refractivity contribution >= 4 is 18.3 Å². The molecule has 0 spiro atoms. The van der Waals surface area contributed by atoms with Gasteiger partial charge in [-0.15, -0.1) is 12.4 Å². The molecule has 1 saturated carbocycles. The van der Waals surface area contributed by atoms with Crippen molar-refractivity contribution in [3.8, 4) is 0 Å². The molecule has 0 bridgehead atoms. The van der Waals surface area contributed by atoms with E-state index in [1.54, 1.807) is 0 Å². The van der Waals surface area contributed by atoms with Crippen molar-refractivity contribution in [1.29, 1.82) is 0 Å². The van der Waals surface area contributed by atoms with Crippen LogP contribution in [-0.4, -0.2) is 12.5 Å². The van der Waals surface area contributed by atoms with E-state index in [0.717, 1.165) is 30.4 Å². The van der Waals surface area contributed by atoms with E-state index in [1.807, 2.05) is 36.4 Å². The number of carbonyl (C=O) groups excluding carboxylic acids is 1. The number of hydrogen-bond acceptors (Lipinski definition) is 2. The third-order valence-electron chi connectivity index (χ3n) is 5.37. The first-order valence-corrected chi connectivity index (χ1v) is 8.78. The Morgan fingerprint density at radius 1 is 1.04 bits per heavy atom. The Kier molecular flexibility index (Phi) is 6.63. The Hall–Kier alpha value is -1.84. The molecule has 4 heteroatoms. The SMILES string of the molecule is CC(NC(=O)[C@@H]1CCC[C@@H]1CN)(c1ccccc1)c1ccccc1.Cl. The van der Waals surface area contributed by atoms with E-state index in [-0.39, 0.29) is 24.2 Å². The van der Waals surface area contributed by atoms with Gasteiger partial charge in [-0.2, -0.15) is 0 Å². The molecule has 3 N–H and O–H groups in total. The number of amides is 1. The van der Waals surface area contributed by atoms with Gasteiger partial charge >= 0.3 is 0 Å².